The number of anilines is 2. The van der Waals surface area contributed by atoms with Crippen LogP contribution in [0.5, 0.6) is 0 Å². The van der Waals surface area contributed by atoms with Gasteiger partial charge in [0.1, 0.15) is 5.56 Å². The number of amides is 1. The number of benzene rings is 2. The van der Waals surface area contributed by atoms with Gasteiger partial charge in [0.15, 0.2) is 0 Å². The molecule has 236 valence electrons. The molecule has 0 aromatic heterocycles. The minimum Gasteiger partial charge on any atom is -0.380 e. The van der Waals surface area contributed by atoms with Crippen LogP contribution in [0.2, 0.25) is 0 Å². The maximum absolute atomic E-state index is 13.3. The average Bonchev–Trinajstić information content (AvgIpc) is 3.63. The second-order valence-electron chi connectivity index (χ2n) is 13.0. The highest BCUT2D eigenvalue weighted by Gasteiger charge is 2.40. The minimum atomic E-state index is -4.83. The molecule has 3 aliphatic heterocycles. The standard InChI is InChI=1S/C31H40F3N5O3.CH4/c1-30(2,3)23-6-9-26(10-7-23)38-18-21-16-36(17-22(21)19-38)13-4-5-29(40)37-14-12-25(20-37)35-24-8-11-28(39(41)42)27(15-24)31(32,33)34;/h6-11,15,21-22,25,35H,4-5,12-14,16-20H2,1-3H3;1H4/t21?,22?,25-;/m1./s1. The first-order valence-corrected chi connectivity index (χ1v) is 14.8. The molecule has 43 heavy (non-hydrogen) atoms. The van der Waals surface area contributed by atoms with Crippen LogP contribution in [0.4, 0.5) is 30.2 Å². The number of fused-ring (bicyclic) bond motifs is 1. The average molecular weight is 604 g/mol. The predicted octanol–water partition coefficient (Wildman–Crippen LogP) is 6.41. The van der Waals surface area contributed by atoms with E-state index in [0.717, 1.165) is 51.3 Å². The largest absolute Gasteiger partial charge is 0.423 e. The molecule has 3 heterocycles. The van der Waals surface area contributed by atoms with Crippen LogP contribution in [-0.2, 0) is 16.4 Å². The molecule has 0 spiro atoms. The van der Waals surface area contributed by atoms with E-state index in [4.69, 9.17) is 0 Å². The van der Waals surface area contributed by atoms with Crippen molar-refractivity contribution in [1.82, 2.24) is 9.80 Å². The minimum absolute atomic E-state index is 0. The maximum Gasteiger partial charge on any atom is 0.423 e. The number of nitrogens with zero attached hydrogens (tertiary/aromatic N) is 4. The van der Waals surface area contributed by atoms with E-state index >= 15 is 0 Å². The lowest BCUT2D eigenvalue weighted by Crippen LogP contribution is -2.33. The van der Waals surface area contributed by atoms with Gasteiger partial charge < -0.3 is 20.0 Å². The molecule has 2 aromatic carbocycles. The highest BCUT2D eigenvalue weighted by atomic mass is 19.4. The monoisotopic (exact) mass is 603 g/mol. The van der Waals surface area contributed by atoms with Crippen molar-refractivity contribution in [2.24, 2.45) is 11.8 Å². The van der Waals surface area contributed by atoms with Crippen LogP contribution in [0.1, 0.15) is 58.6 Å². The van der Waals surface area contributed by atoms with Crippen molar-refractivity contribution in [3.8, 4) is 0 Å². The number of hydrogen-bond donors (Lipinski definition) is 1. The van der Waals surface area contributed by atoms with E-state index < -0.39 is 22.4 Å². The summed E-state index contributed by atoms with van der Waals surface area (Å²) in [5, 5.41) is 14.0. The second-order valence-corrected chi connectivity index (χ2v) is 13.0. The van der Waals surface area contributed by atoms with Gasteiger partial charge in [-0.1, -0.05) is 40.3 Å². The quantitative estimate of drug-likeness (QED) is 0.278. The molecule has 3 saturated heterocycles. The lowest BCUT2D eigenvalue weighted by molar-refractivity contribution is -0.388. The Morgan fingerprint density at radius 1 is 1.00 bits per heavy atom. The van der Waals surface area contributed by atoms with Gasteiger partial charge in [0.25, 0.3) is 5.69 Å². The molecular weight excluding hydrogens is 559 g/mol. The summed E-state index contributed by atoms with van der Waals surface area (Å²) in [6, 6.07) is 11.7. The van der Waals surface area contributed by atoms with E-state index in [2.05, 4.69) is 60.2 Å². The number of hydrogen-bond acceptors (Lipinski definition) is 6. The van der Waals surface area contributed by atoms with Gasteiger partial charge in [-0.3, -0.25) is 14.9 Å². The molecule has 2 unspecified atom stereocenters. The topological polar surface area (TPSA) is 82.0 Å². The van der Waals surface area contributed by atoms with Crippen molar-refractivity contribution >= 4 is 23.0 Å². The zero-order valence-corrected chi connectivity index (χ0v) is 24.5. The molecule has 3 fully saturated rings. The Hall–Kier alpha value is -3.34. The van der Waals surface area contributed by atoms with Gasteiger partial charge in [0.2, 0.25) is 5.91 Å². The first kappa shape index (κ1) is 32.6. The number of rotatable bonds is 8. The highest BCUT2D eigenvalue weighted by Crippen LogP contribution is 2.38. The van der Waals surface area contributed by atoms with Crippen molar-refractivity contribution in [3.05, 3.63) is 63.7 Å². The third-order valence-electron chi connectivity index (χ3n) is 8.94. The maximum atomic E-state index is 13.3. The fourth-order valence-electron chi connectivity index (χ4n) is 6.62. The van der Waals surface area contributed by atoms with Crippen LogP contribution in [0.15, 0.2) is 42.5 Å². The molecule has 0 radical (unpaired) electrons. The molecule has 11 heteroatoms. The molecule has 1 amide bonds. The molecule has 8 nitrogen and oxygen atoms in total. The first-order chi connectivity index (χ1) is 19.8. The number of halogens is 3. The lowest BCUT2D eigenvalue weighted by atomic mass is 9.87. The first-order valence-electron chi connectivity index (χ1n) is 14.8. The molecule has 2 aromatic rings. The van der Waals surface area contributed by atoms with E-state index in [-0.39, 0.29) is 30.5 Å². The van der Waals surface area contributed by atoms with Crippen molar-refractivity contribution in [2.75, 3.05) is 56.0 Å². The summed E-state index contributed by atoms with van der Waals surface area (Å²) in [6.07, 6.45) is -3.00. The SMILES string of the molecule is C.CC(C)(C)c1ccc(N2CC3CN(CCCC(=O)N4CC[C@@H](Nc5ccc([N+](=O)[O-])c(C(F)(F)F)c5)C4)CC3C2)cc1. The Kier molecular flexibility index (Phi) is 9.63. The van der Waals surface area contributed by atoms with Gasteiger partial charge >= 0.3 is 6.18 Å². The number of likely N-dealkylation sites (tertiary alicyclic amines) is 2. The molecule has 0 saturated carbocycles. The van der Waals surface area contributed by atoms with Gasteiger partial charge in [-0.25, -0.2) is 0 Å². The van der Waals surface area contributed by atoms with Crippen LogP contribution in [0.25, 0.3) is 0 Å². The fraction of sp³-hybridized carbons (Fsp3) is 0.594. The summed E-state index contributed by atoms with van der Waals surface area (Å²) in [5.41, 5.74) is 0.693. The number of carbonyl (C=O) groups excluding carboxylic acids is 1. The Morgan fingerprint density at radius 2 is 1.65 bits per heavy atom. The predicted molar refractivity (Wildman–Crippen MR) is 163 cm³/mol. The highest BCUT2D eigenvalue weighted by molar-refractivity contribution is 5.76. The number of alkyl halides is 3. The van der Waals surface area contributed by atoms with Gasteiger partial charge in [-0.2, -0.15) is 13.2 Å². The number of nitro groups is 1. The smallest absolute Gasteiger partial charge is 0.380 e. The Bertz CT molecular complexity index is 1280. The molecule has 5 rings (SSSR count). The van der Waals surface area contributed by atoms with Gasteiger partial charge in [0, 0.05) is 69.2 Å². The van der Waals surface area contributed by atoms with E-state index in [9.17, 15) is 28.1 Å². The summed E-state index contributed by atoms with van der Waals surface area (Å²) in [5.74, 6) is 1.35. The summed E-state index contributed by atoms with van der Waals surface area (Å²) in [6.45, 7) is 12.8. The molecule has 3 atom stereocenters. The van der Waals surface area contributed by atoms with E-state index in [1.54, 1.807) is 4.90 Å². The van der Waals surface area contributed by atoms with Crippen molar-refractivity contribution in [2.45, 2.75) is 65.1 Å². The number of nitro benzene ring substituents is 1. The Morgan fingerprint density at radius 3 is 2.23 bits per heavy atom. The van der Waals surface area contributed by atoms with Crippen LogP contribution in [0.3, 0.4) is 0 Å². The summed E-state index contributed by atoms with van der Waals surface area (Å²) in [7, 11) is 0. The fourth-order valence-corrected chi connectivity index (χ4v) is 6.62. The normalized spacial score (nSPS) is 22.4. The number of nitrogens with one attached hydrogen (secondary N) is 1. The third kappa shape index (κ3) is 7.60. The van der Waals surface area contributed by atoms with Crippen molar-refractivity contribution in [1.29, 1.82) is 0 Å². The van der Waals surface area contributed by atoms with E-state index in [0.29, 0.717) is 37.8 Å². The zero-order chi connectivity index (χ0) is 30.2. The molecule has 0 bridgehead atoms. The second kappa shape index (κ2) is 12.7. The van der Waals surface area contributed by atoms with Crippen LogP contribution in [0, 0.1) is 22.0 Å². The molecular formula is C32H44F3N5O3. The zero-order valence-electron chi connectivity index (χ0n) is 24.5. The number of carbonyl (C=O) groups is 1. The summed E-state index contributed by atoms with van der Waals surface area (Å²) < 4.78 is 39.9. The van der Waals surface area contributed by atoms with Crippen LogP contribution in [-0.4, -0.2) is 72.5 Å². The lowest BCUT2D eigenvalue weighted by Gasteiger charge is -2.25. The van der Waals surface area contributed by atoms with Crippen molar-refractivity contribution < 1.29 is 22.9 Å². The molecule has 0 aliphatic carbocycles. The van der Waals surface area contributed by atoms with Gasteiger partial charge in [-0.05, 0) is 66.5 Å². The van der Waals surface area contributed by atoms with E-state index in [1.807, 2.05) is 0 Å². The molecule has 3 aliphatic rings. The Labute approximate surface area is 252 Å². The molecule has 1 N–H and O–H groups in total. The summed E-state index contributed by atoms with van der Waals surface area (Å²) in [4.78, 5) is 29.6. The van der Waals surface area contributed by atoms with Gasteiger partial charge in [-0.15, -0.1) is 0 Å². The van der Waals surface area contributed by atoms with E-state index in [1.165, 1.54) is 17.3 Å². The van der Waals surface area contributed by atoms with Crippen molar-refractivity contribution in [3.63, 3.8) is 0 Å². The summed E-state index contributed by atoms with van der Waals surface area (Å²) >= 11 is 0. The third-order valence-corrected chi connectivity index (χ3v) is 8.94. The van der Waals surface area contributed by atoms with Crippen LogP contribution < -0.4 is 10.2 Å². The Balaban J connectivity index is 0.00000423. The van der Waals surface area contributed by atoms with Crippen LogP contribution >= 0.6 is 0 Å². The van der Waals surface area contributed by atoms with Gasteiger partial charge in [0.05, 0.1) is 4.92 Å².